The molecule has 1 aromatic heterocycles. The van der Waals surface area contributed by atoms with Gasteiger partial charge in [-0.25, -0.2) is 4.68 Å². The molecule has 0 bridgehead atoms. The summed E-state index contributed by atoms with van der Waals surface area (Å²) < 4.78 is 51.8. The van der Waals surface area contributed by atoms with E-state index in [9.17, 15) is 18.0 Å². The number of amides is 1. The molecule has 3 aromatic rings. The van der Waals surface area contributed by atoms with Crippen molar-refractivity contribution in [2.75, 3.05) is 33.4 Å². The van der Waals surface area contributed by atoms with Crippen LogP contribution in [0.2, 0.25) is 0 Å². The Morgan fingerprint density at radius 1 is 1.06 bits per heavy atom. The summed E-state index contributed by atoms with van der Waals surface area (Å²) in [5.74, 6) is 0.266. The van der Waals surface area contributed by atoms with E-state index in [1.165, 1.54) is 23.9 Å². The van der Waals surface area contributed by atoms with Crippen LogP contribution in [0.3, 0.4) is 0 Å². The number of carbonyl (C=O) groups excluding carboxylic acids is 1. The van der Waals surface area contributed by atoms with Gasteiger partial charge in [-0.15, -0.1) is 0 Å². The van der Waals surface area contributed by atoms with Crippen molar-refractivity contribution in [2.24, 2.45) is 0 Å². The minimum Gasteiger partial charge on any atom is -0.497 e. The Hall–Kier alpha value is -3.33. The van der Waals surface area contributed by atoms with Gasteiger partial charge in [-0.05, 0) is 30.3 Å². The number of carbonyl (C=O) groups is 1. The van der Waals surface area contributed by atoms with Crippen LogP contribution in [0.25, 0.3) is 16.9 Å². The first-order chi connectivity index (χ1) is 14.9. The normalized spacial score (nSPS) is 14.5. The Labute approximate surface area is 176 Å². The molecule has 0 aliphatic carbocycles. The number of hydrogen-bond acceptors (Lipinski definition) is 4. The van der Waals surface area contributed by atoms with Gasteiger partial charge in [0, 0.05) is 24.7 Å². The number of ether oxygens (including phenoxy) is 2. The van der Waals surface area contributed by atoms with Crippen LogP contribution in [0.4, 0.5) is 13.2 Å². The summed E-state index contributed by atoms with van der Waals surface area (Å²) in [6.45, 7) is 1.74. The molecule has 1 aliphatic rings. The van der Waals surface area contributed by atoms with E-state index in [0.717, 1.165) is 12.1 Å². The molecular formula is C22H20F3N3O3. The van der Waals surface area contributed by atoms with Crippen LogP contribution in [0.15, 0.2) is 54.6 Å². The highest BCUT2D eigenvalue weighted by atomic mass is 19.4. The van der Waals surface area contributed by atoms with E-state index in [2.05, 4.69) is 5.10 Å². The summed E-state index contributed by atoms with van der Waals surface area (Å²) in [7, 11) is 1.52. The molecule has 0 saturated carbocycles. The van der Waals surface area contributed by atoms with Crippen molar-refractivity contribution in [3.63, 3.8) is 0 Å². The lowest BCUT2D eigenvalue weighted by Crippen LogP contribution is -2.40. The lowest BCUT2D eigenvalue weighted by molar-refractivity contribution is -0.137. The van der Waals surface area contributed by atoms with Gasteiger partial charge in [-0.1, -0.05) is 18.2 Å². The lowest BCUT2D eigenvalue weighted by atomic mass is 10.1. The highest BCUT2D eigenvalue weighted by Gasteiger charge is 2.31. The van der Waals surface area contributed by atoms with Crippen LogP contribution in [-0.4, -0.2) is 54.0 Å². The van der Waals surface area contributed by atoms with Gasteiger partial charge in [-0.3, -0.25) is 4.79 Å². The molecule has 1 fully saturated rings. The van der Waals surface area contributed by atoms with Crippen LogP contribution in [0.1, 0.15) is 16.1 Å². The first kappa shape index (κ1) is 20.9. The first-order valence-corrected chi connectivity index (χ1v) is 9.66. The zero-order valence-corrected chi connectivity index (χ0v) is 16.7. The maximum Gasteiger partial charge on any atom is 0.416 e. The standard InChI is InChI=1S/C22H20F3N3O3/c1-30-18-7-3-6-17(13-18)28-20(15-4-2-5-16(12-15)22(23,24)25)14-19(26-28)21(29)27-8-10-31-11-9-27/h2-7,12-14H,8-11H2,1H3. The van der Waals surface area contributed by atoms with E-state index in [4.69, 9.17) is 9.47 Å². The molecule has 0 radical (unpaired) electrons. The van der Waals surface area contributed by atoms with Crippen molar-refractivity contribution in [3.8, 4) is 22.7 Å². The van der Waals surface area contributed by atoms with Crippen LogP contribution in [-0.2, 0) is 10.9 Å². The third kappa shape index (κ3) is 4.41. The molecule has 1 amide bonds. The number of hydrogen-bond donors (Lipinski definition) is 0. The third-order valence-corrected chi connectivity index (χ3v) is 5.01. The predicted octanol–water partition coefficient (Wildman–Crippen LogP) is 4.04. The van der Waals surface area contributed by atoms with Gasteiger partial charge in [0.25, 0.3) is 5.91 Å². The number of morpholine rings is 1. The SMILES string of the molecule is COc1cccc(-n2nc(C(=O)N3CCOCC3)cc2-c2cccc(C(F)(F)F)c2)c1. The average molecular weight is 431 g/mol. The van der Waals surface area contributed by atoms with Crippen molar-refractivity contribution < 1.29 is 27.4 Å². The molecule has 6 nitrogen and oxygen atoms in total. The van der Waals surface area contributed by atoms with Crippen LogP contribution >= 0.6 is 0 Å². The molecule has 9 heteroatoms. The second kappa shape index (κ2) is 8.43. The number of nitrogens with zero attached hydrogens (tertiary/aromatic N) is 3. The summed E-state index contributed by atoms with van der Waals surface area (Å²) in [6.07, 6.45) is -4.48. The molecule has 0 unspecified atom stereocenters. The number of halogens is 3. The third-order valence-electron chi connectivity index (χ3n) is 5.01. The Morgan fingerprint density at radius 2 is 1.81 bits per heavy atom. The number of rotatable bonds is 4. The Balaban J connectivity index is 1.82. The van der Waals surface area contributed by atoms with E-state index in [1.54, 1.807) is 35.2 Å². The quantitative estimate of drug-likeness (QED) is 0.626. The second-order valence-electron chi connectivity index (χ2n) is 7.01. The average Bonchev–Trinajstić information content (AvgIpc) is 3.24. The highest BCUT2D eigenvalue weighted by Crippen LogP contribution is 2.33. The van der Waals surface area contributed by atoms with Gasteiger partial charge < -0.3 is 14.4 Å². The second-order valence-corrected chi connectivity index (χ2v) is 7.01. The fraction of sp³-hybridized carbons (Fsp3) is 0.273. The molecule has 4 rings (SSSR count). The molecule has 2 aromatic carbocycles. The largest absolute Gasteiger partial charge is 0.497 e. The molecule has 31 heavy (non-hydrogen) atoms. The van der Waals surface area contributed by atoms with Gasteiger partial charge in [0.2, 0.25) is 0 Å². The number of aromatic nitrogens is 2. The summed E-state index contributed by atoms with van der Waals surface area (Å²) in [6, 6.07) is 13.4. The summed E-state index contributed by atoms with van der Waals surface area (Å²) in [4.78, 5) is 14.6. The summed E-state index contributed by atoms with van der Waals surface area (Å²) in [5.41, 5.74) is 0.608. The van der Waals surface area contributed by atoms with E-state index in [1.807, 2.05) is 0 Å². The lowest BCUT2D eigenvalue weighted by Gasteiger charge is -2.25. The summed E-state index contributed by atoms with van der Waals surface area (Å²) in [5, 5.41) is 4.45. The van der Waals surface area contributed by atoms with E-state index in [0.29, 0.717) is 49.0 Å². The van der Waals surface area contributed by atoms with Crippen LogP contribution < -0.4 is 4.74 Å². The molecular weight excluding hydrogens is 411 g/mol. The fourth-order valence-electron chi connectivity index (χ4n) is 3.41. The number of alkyl halides is 3. The Kier molecular flexibility index (Phi) is 5.69. The van der Waals surface area contributed by atoms with Crippen molar-refractivity contribution in [3.05, 3.63) is 65.9 Å². The molecule has 0 N–H and O–H groups in total. The van der Waals surface area contributed by atoms with Gasteiger partial charge in [0.15, 0.2) is 5.69 Å². The Morgan fingerprint density at radius 3 is 2.52 bits per heavy atom. The molecule has 2 heterocycles. The van der Waals surface area contributed by atoms with E-state index >= 15 is 0 Å². The van der Waals surface area contributed by atoms with Gasteiger partial charge >= 0.3 is 6.18 Å². The molecule has 1 saturated heterocycles. The zero-order valence-electron chi connectivity index (χ0n) is 16.7. The van der Waals surface area contributed by atoms with Gasteiger partial charge in [-0.2, -0.15) is 18.3 Å². The molecule has 0 atom stereocenters. The van der Waals surface area contributed by atoms with Crippen LogP contribution in [0, 0.1) is 0 Å². The maximum atomic E-state index is 13.3. The smallest absolute Gasteiger partial charge is 0.416 e. The van der Waals surface area contributed by atoms with Crippen molar-refractivity contribution in [1.29, 1.82) is 0 Å². The Bertz CT molecular complexity index is 1090. The van der Waals surface area contributed by atoms with Crippen LogP contribution in [0.5, 0.6) is 5.75 Å². The first-order valence-electron chi connectivity index (χ1n) is 9.66. The fourth-order valence-corrected chi connectivity index (χ4v) is 3.41. The van der Waals surface area contributed by atoms with Crippen molar-refractivity contribution >= 4 is 5.91 Å². The van der Waals surface area contributed by atoms with E-state index in [-0.39, 0.29) is 11.6 Å². The maximum absolute atomic E-state index is 13.3. The summed E-state index contributed by atoms with van der Waals surface area (Å²) >= 11 is 0. The topological polar surface area (TPSA) is 56.6 Å². The molecule has 162 valence electrons. The molecule has 1 aliphatic heterocycles. The van der Waals surface area contributed by atoms with Gasteiger partial charge in [0.1, 0.15) is 5.75 Å². The van der Waals surface area contributed by atoms with E-state index < -0.39 is 11.7 Å². The van der Waals surface area contributed by atoms with Crippen molar-refractivity contribution in [2.45, 2.75) is 6.18 Å². The van der Waals surface area contributed by atoms with Gasteiger partial charge in [0.05, 0.1) is 37.3 Å². The molecule has 0 spiro atoms. The minimum absolute atomic E-state index is 0.150. The monoisotopic (exact) mass is 431 g/mol. The number of methoxy groups -OCH3 is 1. The minimum atomic E-state index is -4.48. The zero-order chi connectivity index (χ0) is 22.0. The number of benzene rings is 2. The predicted molar refractivity (Wildman–Crippen MR) is 107 cm³/mol. The highest BCUT2D eigenvalue weighted by molar-refractivity contribution is 5.93. The van der Waals surface area contributed by atoms with Crippen molar-refractivity contribution in [1.82, 2.24) is 14.7 Å².